The summed E-state index contributed by atoms with van der Waals surface area (Å²) in [4.78, 5) is 24.7. The highest BCUT2D eigenvalue weighted by atomic mass is 16.6. The van der Waals surface area contributed by atoms with E-state index in [2.05, 4.69) is 25.2 Å². The predicted octanol–water partition coefficient (Wildman–Crippen LogP) is 5.62. The van der Waals surface area contributed by atoms with Gasteiger partial charge in [-0.15, -0.1) is 0 Å². The van der Waals surface area contributed by atoms with Crippen molar-refractivity contribution in [3.05, 3.63) is 48.1 Å². The molecule has 0 aromatic rings. The summed E-state index contributed by atoms with van der Waals surface area (Å²) in [6.07, 6.45) is 22.3. The smallest absolute Gasteiger partial charge is 0.409 e. The molecular weight excluding hydrogens is 338 g/mol. The highest BCUT2D eigenvalue weighted by molar-refractivity contribution is 6.07. The Morgan fingerprint density at radius 3 is 2.59 bits per heavy atom. The highest BCUT2D eigenvalue weighted by Gasteiger charge is 2.20. The number of carbonyl (C=O) groups is 2. The first-order chi connectivity index (χ1) is 13.1. The van der Waals surface area contributed by atoms with Crippen LogP contribution in [-0.2, 0) is 9.53 Å². The van der Waals surface area contributed by atoms with E-state index in [1.54, 1.807) is 20.2 Å². The Labute approximate surface area is 164 Å². The summed E-state index contributed by atoms with van der Waals surface area (Å²) < 4.78 is 5.09. The van der Waals surface area contributed by atoms with Crippen molar-refractivity contribution in [2.24, 2.45) is 5.92 Å². The van der Waals surface area contributed by atoms with Crippen LogP contribution in [0.25, 0.3) is 0 Å². The van der Waals surface area contributed by atoms with Gasteiger partial charge >= 0.3 is 6.09 Å². The number of hydrogen-bond acceptors (Lipinski definition) is 3. The second-order valence-electron chi connectivity index (χ2n) is 7.09. The number of amides is 1. The van der Waals surface area contributed by atoms with Gasteiger partial charge in [0.1, 0.15) is 0 Å². The molecule has 0 aliphatic heterocycles. The lowest BCUT2D eigenvalue weighted by atomic mass is 9.97. The molecule has 4 heteroatoms. The van der Waals surface area contributed by atoms with Gasteiger partial charge in [0.05, 0.1) is 6.61 Å². The van der Waals surface area contributed by atoms with E-state index in [1.165, 1.54) is 24.2 Å². The molecule has 0 radical (unpaired) electrons. The lowest BCUT2D eigenvalue weighted by Crippen LogP contribution is -2.23. The number of ether oxygens (including phenoxy) is 1. The molecule has 1 aliphatic rings. The maximum Gasteiger partial charge on any atom is 0.409 e. The van der Waals surface area contributed by atoms with E-state index in [9.17, 15) is 9.59 Å². The summed E-state index contributed by atoms with van der Waals surface area (Å²) in [5.74, 6) is 0.324. The number of rotatable bonds is 12. The molecule has 0 saturated heterocycles. The normalized spacial score (nSPS) is 18.3. The van der Waals surface area contributed by atoms with Crippen molar-refractivity contribution < 1.29 is 14.3 Å². The first-order valence-electron chi connectivity index (χ1n) is 10.1. The molecule has 0 aromatic carbocycles. The molecule has 0 fully saturated rings. The minimum Gasteiger partial charge on any atom is -0.449 e. The second-order valence-corrected chi connectivity index (χ2v) is 7.09. The van der Waals surface area contributed by atoms with E-state index >= 15 is 0 Å². The molecule has 150 valence electrons. The van der Waals surface area contributed by atoms with Gasteiger partial charge in [0.15, 0.2) is 5.78 Å². The molecule has 4 nitrogen and oxygen atoms in total. The third kappa shape index (κ3) is 9.97. The van der Waals surface area contributed by atoms with Crippen LogP contribution in [0.3, 0.4) is 0 Å². The van der Waals surface area contributed by atoms with Crippen LogP contribution < -0.4 is 0 Å². The fourth-order valence-corrected chi connectivity index (χ4v) is 2.79. The first-order valence-corrected chi connectivity index (χ1v) is 10.1. The molecule has 0 N–H and O–H groups in total. The summed E-state index contributed by atoms with van der Waals surface area (Å²) in [6, 6.07) is 0. The lowest BCUT2D eigenvalue weighted by molar-refractivity contribution is -0.111. The molecule has 1 rings (SSSR count). The third-order valence-electron chi connectivity index (χ3n) is 4.46. The number of carbonyl (C=O) groups excluding carboxylic acids is 2. The van der Waals surface area contributed by atoms with Crippen molar-refractivity contribution in [1.82, 2.24) is 4.90 Å². The number of hydrogen-bond donors (Lipinski definition) is 0. The van der Waals surface area contributed by atoms with Gasteiger partial charge in [-0.25, -0.2) is 4.79 Å². The molecule has 0 unspecified atom stereocenters. The molecular formula is C23H35NO3. The molecule has 0 aromatic heterocycles. The van der Waals surface area contributed by atoms with Crippen molar-refractivity contribution in [3.8, 4) is 0 Å². The van der Waals surface area contributed by atoms with Crippen molar-refractivity contribution in [3.63, 3.8) is 0 Å². The zero-order valence-electron chi connectivity index (χ0n) is 17.2. The highest BCUT2D eigenvalue weighted by Crippen LogP contribution is 2.25. The fraction of sp³-hybridized carbons (Fsp3) is 0.565. The third-order valence-corrected chi connectivity index (χ3v) is 4.46. The zero-order chi connectivity index (χ0) is 19.9. The monoisotopic (exact) mass is 373 g/mol. The number of unbranched alkanes of at least 4 members (excludes halogenated alkanes) is 5. The van der Waals surface area contributed by atoms with E-state index in [0.29, 0.717) is 6.61 Å². The summed E-state index contributed by atoms with van der Waals surface area (Å²) in [6.45, 7) is 2.66. The van der Waals surface area contributed by atoms with Crippen molar-refractivity contribution >= 4 is 11.9 Å². The minimum absolute atomic E-state index is 0.134. The molecule has 0 bridgehead atoms. The van der Waals surface area contributed by atoms with Crippen LogP contribution >= 0.6 is 0 Å². The van der Waals surface area contributed by atoms with Gasteiger partial charge in [-0.05, 0) is 44.6 Å². The van der Waals surface area contributed by atoms with Gasteiger partial charge in [0.2, 0.25) is 0 Å². The van der Waals surface area contributed by atoms with E-state index in [0.717, 1.165) is 37.7 Å². The SMILES string of the molecule is CCCCCC=CC=C1C(=O)C=C[C@@H]1C/C=C\CCCCOC(=O)N(C)C. The van der Waals surface area contributed by atoms with Crippen LogP contribution in [0.15, 0.2) is 48.1 Å². The van der Waals surface area contributed by atoms with Crippen LogP contribution in [0.2, 0.25) is 0 Å². The largest absolute Gasteiger partial charge is 0.449 e. The van der Waals surface area contributed by atoms with Crippen LogP contribution in [0.5, 0.6) is 0 Å². The van der Waals surface area contributed by atoms with Crippen LogP contribution in [-0.4, -0.2) is 37.5 Å². The maximum absolute atomic E-state index is 12.0. The summed E-state index contributed by atoms with van der Waals surface area (Å²) >= 11 is 0. The van der Waals surface area contributed by atoms with Gasteiger partial charge in [0, 0.05) is 25.6 Å². The Morgan fingerprint density at radius 1 is 1.11 bits per heavy atom. The molecule has 0 heterocycles. The van der Waals surface area contributed by atoms with Gasteiger partial charge in [-0.3, -0.25) is 4.79 Å². The van der Waals surface area contributed by atoms with Crippen molar-refractivity contribution in [2.75, 3.05) is 20.7 Å². The Kier molecular flexibility index (Phi) is 11.9. The maximum atomic E-state index is 12.0. The standard InChI is InChI=1S/C23H35NO3/c1-4-5-6-7-10-13-16-21-20(17-18-22(21)25)15-12-9-8-11-14-19-27-23(26)24(2)3/h9-10,12-13,16-18,20H,4-8,11,14-15,19H2,1-3H3/b12-9-,13-10?,21-16?/t20-/m0/s1. The van der Waals surface area contributed by atoms with Gasteiger partial charge in [-0.1, -0.05) is 56.2 Å². The van der Waals surface area contributed by atoms with E-state index in [1.807, 2.05) is 18.2 Å². The van der Waals surface area contributed by atoms with E-state index in [4.69, 9.17) is 4.74 Å². The van der Waals surface area contributed by atoms with Crippen LogP contribution in [0, 0.1) is 5.92 Å². The molecule has 1 amide bonds. The van der Waals surface area contributed by atoms with E-state index in [-0.39, 0.29) is 17.8 Å². The molecule has 0 spiro atoms. The van der Waals surface area contributed by atoms with Gasteiger partial charge in [-0.2, -0.15) is 0 Å². The van der Waals surface area contributed by atoms with Crippen LogP contribution in [0.4, 0.5) is 4.79 Å². The fourth-order valence-electron chi connectivity index (χ4n) is 2.79. The first kappa shape index (κ1) is 22.9. The van der Waals surface area contributed by atoms with Crippen molar-refractivity contribution in [1.29, 1.82) is 0 Å². The average molecular weight is 374 g/mol. The summed E-state index contributed by atoms with van der Waals surface area (Å²) in [7, 11) is 3.36. The molecule has 0 saturated carbocycles. The topological polar surface area (TPSA) is 46.6 Å². The Bertz CT molecular complexity index is 570. The molecule has 1 aliphatic carbocycles. The van der Waals surface area contributed by atoms with Gasteiger partial charge < -0.3 is 9.64 Å². The van der Waals surface area contributed by atoms with Gasteiger partial charge in [0.25, 0.3) is 0 Å². The Hall–Kier alpha value is -2.10. The Morgan fingerprint density at radius 2 is 1.85 bits per heavy atom. The quantitative estimate of drug-likeness (QED) is 0.253. The molecule has 27 heavy (non-hydrogen) atoms. The lowest BCUT2D eigenvalue weighted by Gasteiger charge is -2.10. The van der Waals surface area contributed by atoms with Crippen molar-refractivity contribution in [2.45, 2.75) is 58.3 Å². The number of allylic oxidation sites excluding steroid dienone is 8. The number of ketones is 1. The zero-order valence-corrected chi connectivity index (χ0v) is 17.2. The minimum atomic E-state index is -0.290. The second kappa shape index (κ2) is 14.0. The van der Waals surface area contributed by atoms with Crippen LogP contribution in [0.1, 0.15) is 58.3 Å². The van der Waals surface area contributed by atoms with E-state index < -0.39 is 0 Å². The summed E-state index contributed by atoms with van der Waals surface area (Å²) in [5.41, 5.74) is 0.891. The molecule has 1 atom stereocenters. The Balaban J connectivity index is 2.25. The summed E-state index contributed by atoms with van der Waals surface area (Å²) in [5, 5.41) is 0. The number of nitrogens with zero attached hydrogens (tertiary/aromatic N) is 1. The average Bonchev–Trinajstić information content (AvgIpc) is 2.99. The predicted molar refractivity (Wildman–Crippen MR) is 112 cm³/mol.